The third-order valence-electron chi connectivity index (χ3n) is 9.58. The molecule has 0 radical (unpaired) electrons. The van der Waals surface area contributed by atoms with Crippen molar-refractivity contribution in [3.8, 4) is 17.2 Å². The summed E-state index contributed by atoms with van der Waals surface area (Å²) in [7, 11) is 1.31. The van der Waals surface area contributed by atoms with Crippen LogP contribution in [0.2, 0.25) is 0 Å². The second-order valence-corrected chi connectivity index (χ2v) is 25.1. The number of alkyl halides is 4. The molecule has 378 valence electrons. The summed E-state index contributed by atoms with van der Waals surface area (Å²) in [6.45, 7) is -1.34. The molecule has 0 aliphatic rings. The molecule has 8 nitrogen and oxygen atoms in total. The minimum Gasteiger partial charge on any atom is -0.491 e. The molecule has 71 heavy (non-hydrogen) atoms. The Kier molecular flexibility index (Phi) is 28.1. The largest absolute Gasteiger partial charge is 0.491 e. The maximum atomic E-state index is 13.9. The Labute approximate surface area is 441 Å². The van der Waals surface area contributed by atoms with Gasteiger partial charge in [-0.05, 0) is 84.4 Å². The number of aromatic hydroxyl groups is 1. The quantitative estimate of drug-likeness (QED) is 0.0343. The number of phenolic OH excluding ortho intramolecular Hbond substituents is 1. The van der Waals surface area contributed by atoms with Crippen molar-refractivity contribution in [2.45, 2.75) is 13.6 Å². The molecule has 7 rings (SSSR count). The number of methoxy groups -OCH3 is 1. The van der Waals surface area contributed by atoms with Crippen LogP contribution in [0.3, 0.4) is 0 Å². The number of phenols is 1. The first-order valence-corrected chi connectivity index (χ1v) is 27.7. The number of hydrogen-bond donors (Lipinski definition) is 2. The van der Waals surface area contributed by atoms with Crippen LogP contribution >= 0.6 is 64.3 Å². The number of carbonyl (C=O) groups is 3. The number of carboxylic acids is 1. The summed E-state index contributed by atoms with van der Waals surface area (Å²) in [5, 5.41) is 18.0. The van der Waals surface area contributed by atoms with E-state index >= 15 is 0 Å². The first-order valence-electron chi connectivity index (χ1n) is 21.0. The number of halogens is 8. The van der Waals surface area contributed by atoms with Crippen LogP contribution in [0.5, 0.6) is 17.2 Å². The van der Waals surface area contributed by atoms with Crippen molar-refractivity contribution < 1.29 is 56.4 Å². The number of hydrogen-bond acceptors (Lipinski definition) is 7. The van der Waals surface area contributed by atoms with Gasteiger partial charge in [0.15, 0.2) is 0 Å². The zero-order valence-corrected chi connectivity index (χ0v) is 44.0. The summed E-state index contributed by atoms with van der Waals surface area (Å²) in [5.74, 6) is -0.496. The molecule has 0 atom stereocenters. The van der Waals surface area contributed by atoms with Gasteiger partial charge in [-0.15, -0.1) is 0 Å². The van der Waals surface area contributed by atoms with Gasteiger partial charge < -0.3 is 24.4 Å². The Hall–Kier alpha value is -5.57. The summed E-state index contributed by atoms with van der Waals surface area (Å²) in [6, 6.07) is 55.1. The molecule has 0 unspecified atom stereocenters. The van der Waals surface area contributed by atoms with E-state index in [4.69, 9.17) is 31.3 Å². The van der Waals surface area contributed by atoms with E-state index in [-0.39, 0.29) is 44.4 Å². The Balaban J connectivity index is 0.000000345. The zero-order chi connectivity index (χ0) is 51.4. The normalized spacial score (nSPS) is 10.6. The third kappa shape index (κ3) is 19.2. The Morgan fingerprint density at radius 1 is 0.606 bits per heavy atom. The predicted molar refractivity (Wildman–Crippen MR) is 291 cm³/mol. The summed E-state index contributed by atoms with van der Waals surface area (Å²) in [4.78, 5) is 31.9. The number of carbonyl (C=O) groups excluding carboxylic acids is 2. The summed E-state index contributed by atoms with van der Waals surface area (Å²) in [5.41, 5.74) is 2.09. The van der Waals surface area contributed by atoms with Gasteiger partial charge in [0.05, 0.1) is 24.9 Å². The summed E-state index contributed by atoms with van der Waals surface area (Å²) < 4.78 is 62.8. The SMILES string of the molecule is C.COC(=O)c1ccc(O)cc1.FCCBr.Fc1ccc(CP(Br)(c2ccccc2)(c2ccccc2)c2ccccc2)cc1Br.O=C(Cl)c1ccc(OCCF)cc1.O=C(O)c1ccc(OCCF)cc1. The van der Waals surface area contributed by atoms with Crippen LogP contribution in [-0.4, -0.2) is 73.1 Å². The van der Waals surface area contributed by atoms with E-state index in [1.54, 1.807) is 12.1 Å². The fraction of sp³-hybridized carbons (Fsp3) is 0.167. The number of rotatable bonds is 15. The van der Waals surface area contributed by atoms with Crippen molar-refractivity contribution in [1.29, 1.82) is 0 Å². The molecule has 0 amide bonds. The fourth-order valence-corrected chi connectivity index (χ4v) is 14.6. The molecular formula is C54H53Br3ClF4O8P. The van der Waals surface area contributed by atoms with E-state index in [9.17, 15) is 31.9 Å². The van der Waals surface area contributed by atoms with Crippen molar-refractivity contribution in [2.75, 3.05) is 45.7 Å². The molecule has 0 spiro atoms. The van der Waals surface area contributed by atoms with Gasteiger partial charge in [-0.1, -0.05) is 23.4 Å². The van der Waals surface area contributed by atoms with Crippen LogP contribution in [0.4, 0.5) is 17.6 Å². The van der Waals surface area contributed by atoms with Crippen molar-refractivity contribution in [3.05, 3.63) is 215 Å². The van der Waals surface area contributed by atoms with E-state index in [1.165, 1.54) is 89.8 Å². The zero-order valence-electron chi connectivity index (χ0n) is 37.6. The second-order valence-electron chi connectivity index (χ2n) is 14.2. The Bertz CT molecular complexity index is 2480. The number of benzene rings is 7. The number of esters is 1. The van der Waals surface area contributed by atoms with E-state index in [0.29, 0.717) is 32.4 Å². The van der Waals surface area contributed by atoms with Gasteiger partial charge in [0.1, 0.15) is 43.8 Å². The standard InChI is InChI=1S/C25H20Br2FP.C9H8ClFO2.C9H9FO3.C8H8O3.C2H4BrF.CH4/c26-24-18-20(16-17-25(24)28)19-29(27,21-10-4-1-5-11-21,22-12-6-2-7-13-22)23-14-8-3-9-15-23;10-9(12)7-1-3-8(4-2-7)13-6-5-11;10-5-6-13-8-3-1-7(2-4-8)9(11)12;1-11-8(10)6-2-4-7(9)5-3-6;3-1-2-4;/h1-18H,19H2;1-4H,5-6H2;1-4H,5-6H2,(H,11,12);2-5,9H,1H3;1-2H2;1H4. The van der Waals surface area contributed by atoms with E-state index in [1.807, 2.05) is 30.3 Å². The van der Waals surface area contributed by atoms with Crippen LogP contribution in [0.1, 0.15) is 44.1 Å². The molecule has 0 fully saturated rings. The van der Waals surface area contributed by atoms with Crippen molar-refractivity contribution in [1.82, 2.24) is 0 Å². The van der Waals surface area contributed by atoms with Crippen LogP contribution in [0, 0.1) is 5.82 Å². The first kappa shape index (κ1) is 61.5. The number of ether oxygens (including phenoxy) is 3. The van der Waals surface area contributed by atoms with Gasteiger partial charge in [0, 0.05) is 10.9 Å². The first-order chi connectivity index (χ1) is 33.6. The maximum absolute atomic E-state index is 13.9. The smallest absolute Gasteiger partial charge is 0.335 e. The molecule has 0 aliphatic heterocycles. The number of carboxylic acid groups (broad SMARTS) is 1. The second kappa shape index (κ2) is 32.4. The minimum atomic E-state index is -3.05. The molecule has 0 aromatic heterocycles. The van der Waals surface area contributed by atoms with E-state index < -0.39 is 35.8 Å². The van der Waals surface area contributed by atoms with Crippen LogP contribution in [-0.2, 0) is 10.9 Å². The van der Waals surface area contributed by atoms with Gasteiger partial charge in [0.25, 0.3) is 5.24 Å². The number of aromatic carboxylic acids is 1. The third-order valence-corrected chi connectivity index (χ3v) is 20.2. The topological polar surface area (TPSA) is 119 Å². The molecule has 0 saturated heterocycles. The average Bonchev–Trinajstić information content (AvgIpc) is 3.40. The minimum absolute atomic E-state index is 0. The Morgan fingerprint density at radius 3 is 1.34 bits per heavy atom. The van der Waals surface area contributed by atoms with Gasteiger partial charge in [-0.2, -0.15) is 0 Å². The summed E-state index contributed by atoms with van der Waals surface area (Å²) in [6.07, 6.45) is 0.739. The van der Waals surface area contributed by atoms with Crippen LogP contribution in [0.25, 0.3) is 0 Å². The molecule has 7 aromatic rings. The molecule has 2 N–H and O–H groups in total. The maximum Gasteiger partial charge on any atom is 0.335 e. The van der Waals surface area contributed by atoms with Gasteiger partial charge >= 0.3 is 200 Å². The fourth-order valence-electron chi connectivity index (χ4n) is 6.32. The van der Waals surface area contributed by atoms with Crippen LogP contribution < -0.4 is 25.4 Å². The molecule has 17 heteroatoms. The Morgan fingerprint density at radius 2 is 1.00 bits per heavy atom. The van der Waals surface area contributed by atoms with Crippen LogP contribution in [0.15, 0.2) is 186 Å². The average molecular weight is 1210 g/mol. The van der Waals surface area contributed by atoms with Crippen molar-refractivity contribution in [3.63, 3.8) is 0 Å². The molecular weight excluding hydrogens is 1160 g/mol. The van der Waals surface area contributed by atoms with E-state index in [0.717, 1.165) is 11.7 Å². The molecule has 7 aromatic carbocycles. The van der Waals surface area contributed by atoms with Gasteiger partial charge in [0.2, 0.25) is 0 Å². The van der Waals surface area contributed by atoms with Gasteiger partial charge in [-0.3, -0.25) is 9.18 Å². The van der Waals surface area contributed by atoms with Crippen molar-refractivity contribution in [2.24, 2.45) is 0 Å². The van der Waals surface area contributed by atoms with E-state index in [2.05, 4.69) is 125 Å². The van der Waals surface area contributed by atoms with Gasteiger partial charge in [-0.25, -0.2) is 18.4 Å². The molecule has 0 heterocycles. The summed E-state index contributed by atoms with van der Waals surface area (Å²) >= 11 is 15.9. The molecule has 0 bridgehead atoms. The monoisotopic (exact) mass is 1210 g/mol. The molecule has 0 aliphatic carbocycles. The predicted octanol–water partition coefficient (Wildman–Crippen LogP) is 14.2. The van der Waals surface area contributed by atoms with Crippen molar-refractivity contribution >= 4 is 97.4 Å². The molecule has 0 saturated carbocycles.